The molecule has 4 nitrogen and oxygen atoms in total. The van der Waals surface area contributed by atoms with Crippen LogP contribution in [0.5, 0.6) is 0 Å². The molecule has 0 amide bonds. The third-order valence-electron chi connectivity index (χ3n) is 3.50. The van der Waals surface area contributed by atoms with Crippen LogP contribution in [-0.2, 0) is 16.4 Å². The highest BCUT2D eigenvalue weighted by Gasteiger charge is 2.20. The van der Waals surface area contributed by atoms with Crippen LogP contribution in [0.25, 0.3) is 0 Å². The highest BCUT2D eigenvalue weighted by molar-refractivity contribution is 7.91. The molecule has 0 radical (unpaired) electrons. The Hall–Kier alpha value is -1.07. The number of nitrogens with zero attached hydrogens (tertiary/aromatic N) is 1. The number of nitrogens with one attached hydrogen (secondary N) is 1. The van der Waals surface area contributed by atoms with Gasteiger partial charge in [0.25, 0.3) is 0 Å². The molecule has 0 saturated carbocycles. The van der Waals surface area contributed by atoms with Crippen molar-refractivity contribution in [3.05, 3.63) is 29.3 Å². The van der Waals surface area contributed by atoms with E-state index < -0.39 is 9.84 Å². The van der Waals surface area contributed by atoms with Crippen molar-refractivity contribution in [1.82, 2.24) is 5.32 Å². The summed E-state index contributed by atoms with van der Waals surface area (Å²) in [5.41, 5.74) is 3.63. The molecular formula is C14H22N2O2S. The van der Waals surface area contributed by atoms with E-state index in [0.29, 0.717) is 12.3 Å². The van der Waals surface area contributed by atoms with Gasteiger partial charge < -0.3 is 10.2 Å². The minimum absolute atomic E-state index is 0.264. The van der Waals surface area contributed by atoms with E-state index in [1.165, 1.54) is 11.1 Å². The zero-order valence-corrected chi connectivity index (χ0v) is 12.5. The number of anilines is 1. The Balaban J connectivity index is 2.25. The van der Waals surface area contributed by atoms with Crippen molar-refractivity contribution in [3.8, 4) is 0 Å². The number of aryl methyl sites for hydroxylation is 1. The van der Waals surface area contributed by atoms with Gasteiger partial charge in [-0.3, -0.25) is 0 Å². The lowest BCUT2D eigenvalue weighted by atomic mass is 10.1. The van der Waals surface area contributed by atoms with E-state index in [1.807, 2.05) is 7.05 Å². The van der Waals surface area contributed by atoms with Crippen molar-refractivity contribution in [1.29, 1.82) is 0 Å². The van der Waals surface area contributed by atoms with Gasteiger partial charge in [0.05, 0.1) is 11.5 Å². The zero-order chi connectivity index (χ0) is 13.9. The standard InChI is InChI=1S/C14H22N2O2S/c1-12-4-5-14(13(10-12)11-15-2)16-6-3-8-19(17,18)9-7-16/h4-5,10,15H,3,6-9,11H2,1-2H3. The maximum atomic E-state index is 11.7. The summed E-state index contributed by atoms with van der Waals surface area (Å²) in [5, 5.41) is 3.18. The summed E-state index contributed by atoms with van der Waals surface area (Å²) in [7, 11) is -0.921. The molecule has 5 heteroatoms. The lowest BCUT2D eigenvalue weighted by Crippen LogP contribution is -2.28. The molecule has 1 aliphatic heterocycles. The van der Waals surface area contributed by atoms with Crippen LogP contribution in [0.2, 0.25) is 0 Å². The van der Waals surface area contributed by atoms with Gasteiger partial charge in [0.1, 0.15) is 0 Å². The van der Waals surface area contributed by atoms with Crippen LogP contribution >= 0.6 is 0 Å². The first kappa shape index (κ1) is 14.3. The van der Waals surface area contributed by atoms with Gasteiger partial charge in [-0.05, 0) is 32.0 Å². The second-order valence-electron chi connectivity index (χ2n) is 5.15. The van der Waals surface area contributed by atoms with Crippen molar-refractivity contribution in [2.45, 2.75) is 19.9 Å². The fourth-order valence-electron chi connectivity index (χ4n) is 2.53. The van der Waals surface area contributed by atoms with Crippen molar-refractivity contribution in [2.24, 2.45) is 0 Å². The minimum atomic E-state index is -2.85. The SMILES string of the molecule is CNCc1cc(C)ccc1N1CCCS(=O)(=O)CC1. The number of sulfone groups is 1. The molecule has 0 spiro atoms. The normalized spacial score (nSPS) is 19.2. The van der Waals surface area contributed by atoms with Gasteiger partial charge in [0.2, 0.25) is 0 Å². The lowest BCUT2D eigenvalue weighted by molar-refractivity contribution is 0.597. The van der Waals surface area contributed by atoms with Gasteiger partial charge in [0.15, 0.2) is 9.84 Å². The first-order chi connectivity index (χ1) is 9.02. The Bertz CT molecular complexity index is 540. The molecule has 0 bridgehead atoms. The summed E-state index contributed by atoms with van der Waals surface area (Å²) >= 11 is 0. The Morgan fingerprint density at radius 3 is 2.79 bits per heavy atom. The van der Waals surface area contributed by atoms with Crippen LogP contribution in [0.15, 0.2) is 18.2 Å². The molecule has 0 aromatic heterocycles. The summed E-state index contributed by atoms with van der Waals surface area (Å²) in [5.74, 6) is 0.580. The average molecular weight is 282 g/mol. The fourth-order valence-corrected chi connectivity index (χ4v) is 3.81. The molecule has 1 aromatic carbocycles. The molecule has 1 aliphatic rings. The summed E-state index contributed by atoms with van der Waals surface area (Å²) in [6, 6.07) is 6.37. The monoisotopic (exact) mass is 282 g/mol. The highest BCUT2D eigenvalue weighted by atomic mass is 32.2. The van der Waals surface area contributed by atoms with Gasteiger partial charge in [-0.1, -0.05) is 17.7 Å². The van der Waals surface area contributed by atoms with Crippen LogP contribution in [-0.4, -0.2) is 40.1 Å². The maximum Gasteiger partial charge on any atom is 0.152 e. The number of hydrogen-bond acceptors (Lipinski definition) is 4. The molecular weight excluding hydrogens is 260 g/mol. The largest absolute Gasteiger partial charge is 0.370 e. The summed E-state index contributed by atoms with van der Waals surface area (Å²) < 4.78 is 23.3. The molecule has 1 aromatic rings. The van der Waals surface area contributed by atoms with Crippen molar-refractivity contribution < 1.29 is 8.42 Å². The topological polar surface area (TPSA) is 49.4 Å². The molecule has 0 atom stereocenters. The third kappa shape index (κ3) is 3.70. The van der Waals surface area contributed by atoms with Gasteiger partial charge in [-0.15, -0.1) is 0 Å². The predicted molar refractivity (Wildman–Crippen MR) is 79.4 cm³/mol. The smallest absolute Gasteiger partial charge is 0.152 e. The predicted octanol–water partition coefficient (Wildman–Crippen LogP) is 1.34. The van der Waals surface area contributed by atoms with Gasteiger partial charge in [-0.2, -0.15) is 0 Å². The molecule has 2 rings (SSSR count). The zero-order valence-electron chi connectivity index (χ0n) is 11.6. The molecule has 19 heavy (non-hydrogen) atoms. The first-order valence-corrected chi connectivity index (χ1v) is 8.53. The maximum absolute atomic E-state index is 11.7. The van der Waals surface area contributed by atoms with Gasteiger partial charge in [0, 0.05) is 25.3 Å². The molecule has 1 saturated heterocycles. The molecule has 1 heterocycles. The summed E-state index contributed by atoms with van der Waals surface area (Å²) in [4.78, 5) is 2.21. The van der Waals surface area contributed by atoms with E-state index >= 15 is 0 Å². The lowest BCUT2D eigenvalue weighted by Gasteiger charge is -2.25. The Labute approximate surface area is 115 Å². The van der Waals surface area contributed by atoms with Crippen LogP contribution < -0.4 is 10.2 Å². The molecule has 0 aliphatic carbocycles. The molecule has 1 N–H and O–H groups in total. The second-order valence-corrected chi connectivity index (χ2v) is 7.46. The fraction of sp³-hybridized carbons (Fsp3) is 0.571. The summed E-state index contributed by atoms with van der Waals surface area (Å²) in [6.07, 6.45) is 0.717. The van der Waals surface area contributed by atoms with E-state index in [4.69, 9.17) is 0 Å². The molecule has 1 fully saturated rings. The number of benzene rings is 1. The number of hydrogen-bond donors (Lipinski definition) is 1. The Morgan fingerprint density at radius 2 is 2.05 bits per heavy atom. The van der Waals surface area contributed by atoms with E-state index in [1.54, 1.807) is 0 Å². The van der Waals surface area contributed by atoms with Crippen molar-refractivity contribution >= 4 is 15.5 Å². The van der Waals surface area contributed by atoms with E-state index in [9.17, 15) is 8.42 Å². The van der Waals surface area contributed by atoms with Crippen LogP contribution in [0.1, 0.15) is 17.5 Å². The van der Waals surface area contributed by atoms with E-state index in [0.717, 1.165) is 25.2 Å². The molecule has 0 unspecified atom stereocenters. The van der Waals surface area contributed by atoms with Gasteiger partial charge in [-0.25, -0.2) is 8.42 Å². The van der Waals surface area contributed by atoms with E-state index in [-0.39, 0.29) is 5.75 Å². The number of rotatable bonds is 3. The Kier molecular flexibility index (Phi) is 4.47. The highest BCUT2D eigenvalue weighted by Crippen LogP contribution is 2.23. The third-order valence-corrected chi connectivity index (χ3v) is 5.21. The second kappa shape index (κ2) is 5.92. The summed E-state index contributed by atoms with van der Waals surface area (Å²) in [6.45, 7) is 4.30. The quantitative estimate of drug-likeness (QED) is 0.909. The van der Waals surface area contributed by atoms with Crippen LogP contribution in [0.4, 0.5) is 5.69 Å². The molecule has 106 valence electrons. The average Bonchev–Trinajstić information content (AvgIpc) is 2.51. The van der Waals surface area contributed by atoms with Crippen molar-refractivity contribution in [3.63, 3.8) is 0 Å². The van der Waals surface area contributed by atoms with Crippen LogP contribution in [0.3, 0.4) is 0 Å². The van der Waals surface area contributed by atoms with Crippen LogP contribution in [0, 0.1) is 6.92 Å². The van der Waals surface area contributed by atoms with Crippen molar-refractivity contribution in [2.75, 3.05) is 36.5 Å². The first-order valence-electron chi connectivity index (χ1n) is 6.71. The van der Waals surface area contributed by atoms with Gasteiger partial charge >= 0.3 is 0 Å². The Morgan fingerprint density at radius 1 is 1.26 bits per heavy atom. The minimum Gasteiger partial charge on any atom is -0.370 e. The van der Waals surface area contributed by atoms with E-state index in [2.05, 4.69) is 35.3 Å².